The van der Waals surface area contributed by atoms with E-state index in [9.17, 15) is 0 Å². The van der Waals surface area contributed by atoms with Crippen molar-refractivity contribution < 1.29 is 73.1 Å². The molecule has 3 aliphatic rings. The number of fused-ring (bicyclic) bond motifs is 8. The number of hydrogen-bond acceptors (Lipinski definition) is 17. The molecule has 0 aromatic rings. The van der Waals surface area contributed by atoms with Crippen LogP contribution in [0.2, 0.25) is 0 Å². The second-order valence-corrected chi connectivity index (χ2v) is 22.6. The molecule has 23 heteroatoms. The third-order valence-electron chi connectivity index (χ3n) is 4.96. The number of hydrogen-bond donors (Lipinski definition) is 0. The van der Waals surface area contributed by atoms with Crippen molar-refractivity contribution in [2.45, 2.75) is 69.2 Å². The minimum atomic E-state index is -4.69. The summed E-state index contributed by atoms with van der Waals surface area (Å²) in [7, 11) is -27.1. The van der Waals surface area contributed by atoms with Crippen LogP contribution in [0.4, 0.5) is 0 Å². The molecule has 0 unspecified atom stereocenters. The summed E-state index contributed by atoms with van der Waals surface area (Å²) < 4.78 is 108. The fraction of sp³-hybridized carbons (Fsp3) is 1.00. The highest BCUT2D eigenvalue weighted by atomic mass is 28.6. The van der Waals surface area contributed by atoms with Gasteiger partial charge in [-0.1, -0.05) is 0 Å². The minimum absolute atomic E-state index is 0.0322. The van der Waals surface area contributed by atoms with E-state index in [1.165, 1.54) is 0 Å². The zero-order valence-corrected chi connectivity index (χ0v) is 33.0. The Kier molecular flexibility index (Phi) is 16.9. The maximum atomic E-state index is 6.63. The molecule has 0 aromatic carbocycles. The lowest BCUT2D eigenvalue weighted by molar-refractivity contribution is -0.126. The first-order chi connectivity index (χ1) is 20.6. The molecule has 0 radical (unpaired) electrons. The van der Waals surface area contributed by atoms with Gasteiger partial charge in [-0.05, 0) is 69.2 Å². The second-order valence-electron chi connectivity index (χ2n) is 8.04. The second kappa shape index (κ2) is 18.2. The van der Waals surface area contributed by atoms with Crippen molar-refractivity contribution in [1.29, 1.82) is 0 Å². The van der Waals surface area contributed by atoms with E-state index >= 15 is 0 Å². The highest BCUT2D eigenvalue weighted by Gasteiger charge is 2.81. The SMILES string of the molecule is CCO[Si]1(OCC)O[Si](OCC)(OCC)O[Si]2(OCC)O[Si](OCC)(OCC)O[Si](OCC)(O1)O[Si](OCC)(OCC)O2. The van der Waals surface area contributed by atoms with Gasteiger partial charge < -0.3 is 73.1 Å². The molecule has 3 rings (SSSR count). The largest absolute Gasteiger partial charge is 0.668 e. The zero-order valence-electron chi connectivity index (χ0n) is 27.0. The van der Waals surface area contributed by atoms with Gasteiger partial charge >= 0.3 is 54.3 Å². The van der Waals surface area contributed by atoms with Crippen LogP contribution in [0.25, 0.3) is 0 Å². The molecule has 0 aromatic heterocycles. The van der Waals surface area contributed by atoms with Gasteiger partial charge in [0.1, 0.15) is 0 Å². The molecule has 0 atom stereocenters. The molecule has 0 N–H and O–H groups in total. The summed E-state index contributed by atoms with van der Waals surface area (Å²) >= 11 is 0. The van der Waals surface area contributed by atoms with Crippen LogP contribution in [0.15, 0.2) is 0 Å². The van der Waals surface area contributed by atoms with E-state index in [2.05, 4.69) is 0 Å². The molecular formula is C20H50O17Si6. The predicted octanol–water partition coefficient (Wildman–Crippen LogP) is 2.11. The Hall–Kier alpha value is 0.621. The normalized spacial score (nSPS) is 28.0. The first-order valence-electron chi connectivity index (χ1n) is 14.9. The van der Waals surface area contributed by atoms with Crippen molar-refractivity contribution in [3.63, 3.8) is 0 Å². The van der Waals surface area contributed by atoms with Gasteiger partial charge in [0.25, 0.3) is 0 Å². The van der Waals surface area contributed by atoms with Crippen LogP contribution >= 0.6 is 0 Å². The van der Waals surface area contributed by atoms with Gasteiger partial charge in [0.05, 0.1) is 0 Å². The lowest BCUT2D eigenvalue weighted by Crippen LogP contribution is -2.81. The van der Waals surface area contributed by atoms with E-state index in [4.69, 9.17) is 73.1 Å². The average Bonchev–Trinajstić information content (AvgIpc) is 2.89. The fourth-order valence-corrected chi connectivity index (χ4v) is 26.9. The molecule has 3 heterocycles. The van der Waals surface area contributed by atoms with E-state index in [-0.39, 0.29) is 66.1 Å². The van der Waals surface area contributed by atoms with Crippen LogP contribution in [0.5, 0.6) is 0 Å². The van der Waals surface area contributed by atoms with E-state index in [0.29, 0.717) is 0 Å². The molecule has 3 fully saturated rings. The van der Waals surface area contributed by atoms with Gasteiger partial charge in [-0.25, -0.2) is 0 Å². The lowest BCUT2D eigenvalue weighted by atomic mass is 10.9. The Morgan fingerprint density at radius 1 is 0.256 bits per heavy atom. The van der Waals surface area contributed by atoms with Crippen molar-refractivity contribution in [3.8, 4) is 0 Å². The van der Waals surface area contributed by atoms with E-state index in [1.807, 2.05) is 0 Å². The van der Waals surface area contributed by atoms with Crippen LogP contribution in [0.1, 0.15) is 69.2 Å². The number of rotatable bonds is 20. The van der Waals surface area contributed by atoms with E-state index < -0.39 is 54.3 Å². The van der Waals surface area contributed by atoms with Crippen molar-refractivity contribution in [2.24, 2.45) is 0 Å². The summed E-state index contributed by atoms with van der Waals surface area (Å²) in [6.07, 6.45) is 0. The Bertz CT molecular complexity index is 701. The van der Waals surface area contributed by atoms with Crippen LogP contribution in [0, 0.1) is 0 Å². The summed E-state index contributed by atoms with van der Waals surface area (Å²) in [4.78, 5) is 0. The third kappa shape index (κ3) is 10.3. The Morgan fingerprint density at radius 2 is 0.419 bits per heavy atom. The van der Waals surface area contributed by atoms with Crippen LogP contribution in [-0.4, -0.2) is 120 Å². The van der Waals surface area contributed by atoms with Gasteiger partial charge in [0.15, 0.2) is 0 Å². The molecule has 0 amide bonds. The predicted molar refractivity (Wildman–Crippen MR) is 158 cm³/mol. The van der Waals surface area contributed by atoms with E-state index in [1.54, 1.807) is 69.2 Å². The maximum Gasteiger partial charge on any atom is 0.668 e. The molecule has 256 valence electrons. The first kappa shape index (κ1) is 39.8. The molecule has 17 nitrogen and oxygen atoms in total. The van der Waals surface area contributed by atoms with Gasteiger partial charge in [-0.3, -0.25) is 0 Å². The molecule has 2 bridgehead atoms. The van der Waals surface area contributed by atoms with Crippen molar-refractivity contribution in [1.82, 2.24) is 0 Å². The van der Waals surface area contributed by atoms with Crippen LogP contribution in [-0.2, 0) is 73.1 Å². The van der Waals surface area contributed by atoms with Crippen LogP contribution < -0.4 is 0 Å². The van der Waals surface area contributed by atoms with Gasteiger partial charge in [-0.2, -0.15) is 0 Å². The monoisotopic (exact) mass is 730 g/mol. The third-order valence-corrected chi connectivity index (χ3v) is 25.4. The highest BCUT2D eigenvalue weighted by Crippen LogP contribution is 2.41. The summed E-state index contributed by atoms with van der Waals surface area (Å²) in [6.45, 7) is 18.2. The van der Waals surface area contributed by atoms with Crippen molar-refractivity contribution in [2.75, 3.05) is 66.1 Å². The minimum Gasteiger partial charge on any atom is -0.353 e. The molecule has 43 heavy (non-hydrogen) atoms. The van der Waals surface area contributed by atoms with Crippen molar-refractivity contribution >= 4 is 54.3 Å². The quantitative estimate of drug-likeness (QED) is 0.168. The molecule has 3 saturated heterocycles. The van der Waals surface area contributed by atoms with Gasteiger partial charge in [0.2, 0.25) is 0 Å². The van der Waals surface area contributed by atoms with Crippen molar-refractivity contribution in [3.05, 3.63) is 0 Å². The summed E-state index contributed by atoms with van der Waals surface area (Å²) in [5.74, 6) is 0. The van der Waals surface area contributed by atoms with E-state index in [0.717, 1.165) is 0 Å². The Labute approximate surface area is 262 Å². The first-order valence-corrected chi connectivity index (χ1v) is 24.7. The Balaban J connectivity index is 3.13. The molecule has 0 aliphatic carbocycles. The molecule has 3 aliphatic heterocycles. The average molecular weight is 731 g/mol. The maximum absolute atomic E-state index is 6.63. The van der Waals surface area contributed by atoms with Gasteiger partial charge in [-0.15, -0.1) is 0 Å². The summed E-state index contributed by atoms with van der Waals surface area (Å²) in [5.41, 5.74) is 0. The fourth-order valence-electron chi connectivity index (χ4n) is 3.86. The molecule has 0 spiro atoms. The standard InChI is InChI=1S/C20H50O17Si6/c1-11-21-38(22-12-2)31-39(23-13-3,24-14-4)33-43(30-20-10)36-40(25-15-5,26-16-6)34-42(32-38,29-19-9)35-41(37-43,27-17-7)28-18-8/h11-20H2,1-10H3. The summed E-state index contributed by atoms with van der Waals surface area (Å²) in [5, 5.41) is 0. The zero-order chi connectivity index (χ0) is 32.1. The molecular weight excluding hydrogens is 681 g/mol. The highest BCUT2D eigenvalue weighted by molar-refractivity contribution is 6.88. The summed E-state index contributed by atoms with van der Waals surface area (Å²) in [6, 6.07) is 0. The van der Waals surface area contributed by atoms with Gasteiger partial charge in [0, 0.05) is 66.1 Å². The molecule has 0 saturated carbocycles. The smallest absolute Gasteiger partial charge is 0.353 e. The topological polar surface area (TPSA) is 157 Å². The Morgan fingerprint density at radius 3 is 0.581 bits per heavy atom. The van der Waals surface area contributed by atoms with Crippen LogP contribution in [0.3, 0.4) is 0 Å². The lowest BCUT2D eigenvalue weighted by Gasteiger charge is -2.49.